The number of thioether (sulfide) groups is 1. The van der Waals surface area contributed by atoms with Crippen LogP contribution in [0.4, 0.5) is 5.13 Å². The highest BCUT2D eigenvalue weighted by Crippen LogP contribution is 2.31. The molecular formula is C21H18ClN5OS2. The van der Waals surface area contributed by atoms with Gasteiger partial charge in [-0.05, 0) is 48.9 Å². The summed E-state index contributed by atoms with van der Waals surface area (Å²) in [4.78, 5) is 15.7. The number of halogens is 1. The van der Waals surface area contributed by atoms with Gasteiger partial charge in [0.05, 0.1) is 5.69 Å². The number of benzene rings is 2. The molecule has 0 fully saturated rings. The quantitative estimate of drug-likeness (QED) is 0.383. The summed E-state index contributed by atoms with van der Waals surface area (Å²) in [6.45, 7) is 3.53. The van der Waals surface area contributed by atoms with Crippen molar-refractivity contribution in [3.05, 3.63) is 70.2 Å². The lowest BCUT2D eigenvalue weighted by atomic mass is 10.2. The van der Waals surface area contributed by atoms with Crippen LogP contribution >= 0.6 is 34.7 Å². The van der Waals surface area contributed by atoms with Gasteiger partial charge < -0.3 is 5.32 Å². The Hall–Kier alpha value is -2.68. The second-order valence-electron chi connectivity index (χ2n) is 6.60. The summed E-state index contributed by atoms with van der Waals surface area (Å²) in [6, 6.07) is 15.8. The molecule has 4 aromatic rings. The van der Waals surface area contributed by atoms with E-state index in [0.29, 0.717) is 15.9 Å². The normalized spacial score (nSPS) is 10.9. The fourth-order valence-electron chi connectivity index (χ4n) is 2.87. The zero-order valence-corrected chi connectivity index (χ0v) is 18.7. The molecule has 0 spiro atoms. The van der Waals surface area contributed by atoms with Crippen molar-refractivity contribution >= 4 is 45.7 Å². The third-order valence-corrected chi connectivity index (χ3v) is 6.20. The lowest BCUT2D eigenvalue weighted by molar-refractivity contribution is -0.114. The lowest BCUT2D eigenvalue weighted by Gasteiger charge is -2.11. The third kappa shape index (κ3) is 4.72. The molecule has 0 aliphatic rings. The molecule has 0 saturated carbocycles. The Balaban J connectivity index is 1.66. The maximum Gasteiger partial charge on any atom is 0.223 e. The molecule has 2 aromatic carbocycles. The third-order valence-electron chi connectivity index (χ3n) is 4.18. The van der Waals surface area contributed by atoms with E-state index >= 15 is 0 Å². The summed E-state index contributed by atoms with van der Waals surface area (Å²) in [5.74, 6) is 1.23. The van der Waals surface area contributed by atoms with E-state index in [1.807, 2.05) is 46.3 Å². The van der Waals surface area contributed by atoms with Crippen molar-refractivity contribution in [1.82, 2.24) is 19.7 Å². The van der Waals surface area contributed by atoms with E-state index in [9.17, 15) is 4.79 Å². The van der Waals surface area contributed by atoms with Gasteiger partial charge in [-0.15, -0.1) is 21.5 Å². The summed E-state index contributed by atoms with van der Waals surface area (Å²) in [5, 5.41) is 15.6. The zero-order valence-electron chi connectivity index (χ0n) is 16.3. The van der Waals surface area contributed by atoms with Crippen LogP contribution < -0.4 is 5.32 Å². The first kappa shape index (κ1) is 20.6. The number of thiazole rings is 1. The Morgan fingerprint density at radius 1 is 1.20 bits per heavy atom. The number of hydrogen-bond donors (Lipinski definition) is 1. The van der Waals surface area contributed by atoms with Crippen LogP contribution in [0, 0.1) is 6.92 Å². The van der Waals surface area contributed by atoms with Gasteiger partial charge in [-0.1, -0.05) is 35.5 Å². The number of aryl methyl sites for hydroxylation is 1. The maximum atomic E-state index is 11.2. The summed E-state index contributed by atoms with van der Waals surface area (Å²) in [5.41, 5.74) is 3.95. The molecule has 9 heteroatoms. The topological polar surface area (TPSA) is 72.7 Å². The van der Waals surface area contributed by atoms with E-state index in [1.54, 1.807) is 11.8 Å². The number of rotatable bonds is 6. The minimum atomic E-state index is -0.129. The molecule has 152 valence electrons. The number of amides is 1. The number of carbonyl (C=O) groups excluding carboxylic acids is 1. The van der Waals surface area contributed by atoms with Crippen molar-refractivity contribution in [3.8, 4) is 17.1 Å². The molecule has 1 amide bonds. The van der Waals surface area contributed by atoms with E-state index in [2.05, 4.69) is 39.6 Å². The van der Waals surface area contributed by atoms with Gasteiger partial charge >= 0.3 is 0 Å². The smallest absolute Gasteiger partial charge is 0.223 e. The zero-order chi connectivity index (χ0) is 21.1. The second-order valence-corrected chi connectivity index (χ2v) is 8.84. The van der Waals surface area contributed by atoms with Crippen LogP contribution in [-0.4, -0.2) is 25.7 Å². The van der Waals surface area contributed by atoms with E-state index < -0.39 is 0 Å². The number of hydrogen-bond acceptors (Lipinski definition) is 6. The standard InChI is InChI=1S/C21H18ClN5OS2/c1-13-4-3-5-18(10-13)27-19(15-6-8-16(22)9-7-15)25-26-21(27)30-12-17-11-29-20(24-17)23-14(2)28/h3-11H,12H2,1-2H3,(H,23,24,28). The monoisotopic (exact) mass is 455 g/mol. The molecule has 0 bridgehead atoms. The highest BCUT2D eigenvalue weighted by Gasteiger charge is 2.17. The highest BCUT2D eigenvalue weighted by molar-refractivity contribution is 7.98. The average Bonchev–Trinajstić information content (AvgIpc) is 3.33. The van der Waals surface area contributed by atoms with Gasteiger partial charge in [0.2, 0.25) is 5.91 Å². The number of aromatic nitrogens is 4. The van der Waals surface area contributed by atoms with E-state index in [-0.39, 0.29) is 5.91 Å². The minimum absolute atomic E-state index is 0.129. The second kappa shape index (κ2) is 8.99. The predicted octanol–water partition coefficient (Wildman–Crippen LogP) is 5.60. The van der Waals surface area contributed by atoms with Gasteiger partial charge in [0.15, 0.2) is 16.1 Å². The molecule has 2 aromatic heterocycles. The number of nitrogens with one attached hydrogen (secondary N) is 1. The van der Waals surface area contributed by atoms with Crippen molar-refractivity contribution < 1.29 is 4.79 Å². The molecule has 0 aliphatic carbocycles. The minimum Gasteiger partial charge on any atom is -0.302 e. The van der Waals surface area contributed by atoms with E-state index in [4.69, 9.17) is 11.6 Å². The van der Waals surface area contributed by atoms with Crippen molar-refractivity contribution in [1.29, 1.82) is 0 Å². The van der Waals surface area contributed by atoms with Gasteiger partial charge in [-0.3, -0.25) is 9.36 Å². The Morgan fingerprint density at radius 3 is 2.73 bits per heavy atom. The molecule has 0 aliphatic heterocycles. The van der Waals surface area contributed by atoms with Gasteiger partial charge in [-0.2, -0.15) is 0 Å². The summed E-state index contributed by atoms with van der Waals surface area (Å²) in [6.07, 6.45) is 0. The van der Waals surface area contributed by atoms with Crippen LogP contribution in [0.5, 0.6) is 0 Å². The number of carbonyl (C=O) groups is 1. The Bertz CT molecular complexity index is 1190. The first-order valence-corrected chi connectivity index (χ1v) is 11.4. The van der Waals surface area contributed by atoms with Crippen LogP contribution in [0.3, 0.4) is 0 Å². The Kier molecular flexibility index (Phi) is 6.17. The van der Waals surface area contributed by atoms with Crippen LogP contribution in [0.15, 0.2) is 59.1 Å². The molecule has 4 rings (SSSR count). The first-order chi connectivity index (χ1) is 14.5. The maximum absolute atomic E-state index is 11.2. The van der Waals surface area contributed by atoms with Gasteiger partial charge in [-0.25, -0.2) is 4.98 Å². The Labute approximate surface area is 187 Å². The summed E-state index contributed by atoms with van der Waals surface area (Å²) >= 11 is 9.01. The van der Waals surface area contributed by atoms with Gasteiger partial charge in [0.1, 0.15) is 0 Å². The largest absolute Gasteiger partial charge is 0.302 e. The molecule has 0 saturated heterocycles. The molecule has 30 heavy (non-hydrogen) atoms. The van der Waals surface area contributed by atoms with Crippen LogP contribution in [0.2, 0.25) is 5.02 Å². The van der Waals surface area contributed by atoms with Crippen molar-refractivity contribution in [2.75, 3.05) is 5.32 Å². The fourth-order valence-corrected chi connectivity index (χ4v) is 4.70. The van der Waals surface area contributed by atoms with Crippen LogP contribution in [0.1, 0.15) is 18.2 Å². The van der Waals surface area contributed by atoms with Crippen LogP contribution in [0.25, 0.3) is 17.1 Å². The van der Waals surface area contributed by atoms with E-state index in [1.165, 1.54) is 18.3 Å². The lowest BCUT2D eigenvalue weighted by Crippen LogP contribution is -2.05. The first-order valence-electron chi connectivity index (χ1n) is 9.13. The van der Waals surface area contributed by atoms with Crippen molar-refractivity contribution in [2.24, 2.45) is 0 Å². The Morgan fingerprint density at radius 2 is 2.00 bits per heavy atom. The predicted molar refractivity (Wildman–Crippen MR) is 123 cm³/mol. The van der Waals surface area contributed by atoms with Crippen molar-refractivity contribution in [2.45, 2.75) is 24.8 Å². The number of anilines is 1. The molecule has 6 nitrogen and oxygen atoms in total. The number of nitrogens with zero attached hydrogens (tertiary/aromatic N) is 4. The van der Waals surface area contributed by atoms with Crippen LogP contribution in [-0.2, 0) is 10.5 Å². The summed E-state index contributed by atoms with van der Waals surface area (Å²) < 4.78 is 2.04. The molecule has 1 N–H and O–H groups in total. The van der Waals surface area contributed by atoms with Crippen molar-refractivity contribution in [3.63, 3.8) is 0 Å². The average molecular weight is 456 g/mol. The highest BCUT2D eigenvalue weighted by atomic mass is 35.5. The SMILES string of the molecule is CC(=O)Nc1nc(CSc2nnc(-c3ccc(Cl)cc3)n2-c2cccc(C)c2)cs1. The molecule has 0 radical (unpaired) electrons. The van der Waals surface area contributed by atoms with Gasteiger partial charge in [0, 0.05) is 34.3 Å². The van der Waals surface area contributed by atoms with Gasteiger partial charge in [0.25, 0.3) is 0 Å². The molecule has 2 heterocycles. The molecular weight excluding hydrogens is 438 g/mol. The fraction of sp³-hybridized carbons (Fsp3) is 0.143. The summed E-state index contributed by atoms with van der Waals surface area (Å²) in [7, 11) is 0. The van der Waals surface area contributed by atoms with E-state index in [0.717, 1.165) is 33.5 Å². The molecule has 0 atom stereocenters. The molecule has 0 unspecified atom stereocenters.